The maximum Gasteiger partial charge on any atom is 0.453 e. The second-order valence-electron chi connectivity index (χ2n) is 8.87. The number of hydrogen-bond acceptors (Lipinski definition) is 4. The first-order valence-electron chi connectivity index (χ1n) is 10.7. The molecule has 4 nitrogen and oxygen atoms in total. The molecule has 1 atom stereocenters. The van der Waals surface area contributed by atoms with Gasteiger partial charge in [0.15, 0.2) is 5.41 Å². The lowest BCUT2D eigenvalue weighted by atomic mass is 9.72. The third-order valence-electron chi connectivity index (χ3n) is 6.11. The number of aliphatic hydroxyl groups excluding tert-OH is 1. The molecule has 0 bridgehead atoms. The van der Waals surface area contributed by atoms with Gasteiger partial charge in [0.2, 0.25) is 5.41 Å². The van der Waals surface area contributed by atoms with Crippen LogP contribution in [0, 0.1) is 10.8 Å². The highest BCUT2D eigenvalue weighted by atomic mass is 19.3. The Bertz CT molecular complexity index is 876. The highest BCUT2D eigenvalue weighted by Gasteiger charge is 2.86. The molecule has 248 valence electrons. The van der Waals surface area contributed by atoms with Crippen molar-refractivity contribution in [3.63, 3.8) is 0 Å². The Balaban J connectivity index is 7.32. The molecule has 0 amide bonds. The second-order valence-corrected chi connectivity index (χ2v) is 8.87. The standard InChI is InChI=1S/C19H22F18O4/c1-6-12(9(3,20)21,10(4,22)23)15(28,29)40-16(30,31)13(7-2,11(5,24)25)17(32,33)41-19(36,37)18(34,35)39-14(26,27)8-38/h38H,6-8H2,1-5H3. The third kappa shape index (κ3) is 6.58. The molecule has 1 unspecified atom stereocenters. The molecule has 22 heteroatoms. The molecule has 0 aliphatic heterocycles. The lowest BCUT2D eigenvalue weighted by Gasteiger charge is -2.51. The summed E-state index contributed by atoms with van der Waals surface area (Å²) in [6.45, 7) is -5.43. The van der Waals surface area contributed by atoms with E-state index in [-0.39, 0.29) is 13.8 Å². The third-order valence-corrected chi connectivity index (χ3v) is 6.11. The van der Waals surface area contributed by atoms with E-state index in [1.165, 1.54) is 0 Å². The summed E-state index contributed by atoms with van der Waals surface area (Å²) in [6.07, 6.45) is -46.5. The van der Waals surface area contributed by atoms with E-state index in [1.807, 2.05) is 0 Å². The minimum atomic E-state index is -7.33. The molecule has 0 fully saturated rings. The number of rotatable bonds is 16. The summed E-state index contributed by atoms with van der Waals surface area (Å²) < 4.78 is 261. The fourth-order valence-electron chi connectivity index (χ4n) is 4.05. The molecule has 0 aliphatic carbocycles. The van der Waals surface area contributed by atoms with Crippen LogP contribution in [0.2, 0.25) is 0 Å². The molecule has 0 saturated carbocycles. The Labute approximate surface area is 218 Å². The summed E-state index contributed by atoms with van der Waals surface area (Å²) in [6, 6.07) is 0. The van der Waals surface area contributed by atoms with E-state index in [0.717, 1.165) is 0 Å². The van der Waals surface area contributed by atoms with Crippen LogP contribution in [0.15, 0.2) is 0 Å². The van der Waals surface area contributed by atoms with Gasteiger partial charge in [-0.1, -0.05) is 13.8 Å². The Morgan fingerprint density at radius 2 is 0.659 bits per heavy atom. The van der Waals surface area contributed by atoms with Crippen LogP contribution in [0.5, 0.6) is 0 Å². The van der Waals surface area contributed by atoms with Crippen molar-refractivity contribution in [3.05, 3.63) is 0 Å². The van der Waals surface area contributed by atoms with Gasteiger partial charge >= 0.3 is 36.7 Å². The maximum atomic E-state index is 15.0. The average molecular weight is 656 g/mol. The summed E-state index contributed by atoms with van der Waals surface area (Å²) in [5, 5.41) is 8.11. The van der Waals surface area contributed by atoms with E-state index in [0.29, 0.717) is 0 Å². The fraction of sp³-hybridized carbons (Fsp3) is 1.00. The molecule has 0 aromatic rings. The van der Waals surface area contributed by atoms with Crippen LogP contribution < -0.4 is 0 Å². The van der Waals surface area contributed by atoms with Gasteiger partial charge in [-0.2, -0.15) is 52.7 Å². The molecule has 0 saturated heterocycles. The van der Waals surface area contributed by atoms with Gasteiger partial charge in [-0.25, -0.2) is 35.8 Å². The summed E-state index contributed by atoms with van der Waals surface area (Å²) in [5.41, 5.74) is -11.8. The lowest BCUT2D eigenvalue weighted by Crippen LogP contribution is -2.70. The van der Waals surface area contributed by atoms with Crippen molar-refractivity contribution >= 4 is 0 Å². The average Bonchev–Trinajstić information content (AvgIpc) is 2.62. The van der Waals surface area contributed by atoms with E-state index < -0.39 is 105 Å². The Hall–Kier alpha value is -1.42. The Kier molecular flexibility index (Phi) is 10.6. The van der Waals surface area contributed by atoms with Crippen LogP contribution in [0.4, 0.5) is 79.0 Å². The molecule has 0 rings (SSSR count). The molecular weight excluding hydrogens is 634 g/mol. The molecule has 0 spiro atoms. The monoisotopic (exact) mass is 656 g/mol. The van der Waals surface area contributed by atoms with Gasteiger partial charge in [0.25, 0.3) is 17.8 Å². The highest BCUT2D eigenvalue weighted by molar-refractivity contribution is 5.07. The van der Waals surface area contributed by atoms with Gasteiger partial charge in [-0.3, -0.25) is 4.74 Å². The number of alkyl halides is 18. The van der Waals surface area contributed by atoms with E-state index in [4.69, 9.17) is 5.11 Å². The minimum Gasteiger partial charge on any atom is -0.387 e. The van der Waals surface area contributed by atoms with Gasteiger partial charge in [0.1, 0.15) is 6.61 Å². The predicted molar refractivity (Wildman–Crippen MR) is 97.3 cm³/mol. The van der Waals surface area contributed by atoms with Crippen LogP contribution >= 0.6 is 0 Å². The quantitative estimate of drug-likeness (QED) is 0.170. The van der Waals surface area contributed by atoms with Gasteiger partial charge in [-0.05, 0) is 12.8 Å². The van der Waals surface area contributed by atoms with Gasteiger partial charge < -0.3 is 5.11 Å². The van der Waals surface area contributed by atoms with Crippen molar-refractivity contribution in [2.75, 3.05) is 6.61 Å². The number of hydrogen-bond donors (Lipinski definition) is 1. The highest BCUT2D eigenvalue weighted by Crippen LogP contribution is 2.66. The van der Waals surface area contributed by atoms with E-state index >= 15 is 8.78 Å². The summed E-state index contributed by atoms with van der Waals surface area (Å²) >= 11 is 0. The first kappa shape index (κ1) is 39.6. The predicted octanol–water partition coefficient (Wildman–Crippen LogP) is 8.34. The zero-order chi connectivity index (χ0) is 33.7. The van der Waals surface area contributed by atoms with Crippen molar-refractivity contribution in [2.45, 2.75) is 102 Å². The van der Waals surface area contributed by atoms with Crippen LogP contribution in [-0.4, -0.2) is 66.1 Å². The number of aliphatic hydroxyl groups is 1. The van der Waals surface area contributed by atoms with E-state index in [9.17, 15) is 70.2 Å². The molecule has 1 N–H and O–H groups in total. The molecule has 0 aliphatic rings. The van der Waals surface area contributed by atoms with Crippen LogP contribution in [0.1, 0.15) is 47.5 Å². The van der Waals surface area contributed by atoms with Crippen LogP contribution in [0.25, 0.3) is 0 Å². The molecule has 0 aromatic heterocycles. The van der Waals surface area contributed by atoms with Gasteiger partial charge in [0.05, 0.1) is 0 Å². The zero-order valence-electron chi connectivity index (χ0n) is 21.1. The van der Waals surface area contributed by atoms with Crippen LogP contribution in [-0.2, 0) is 14.2 Å². The fourth-order valence-corrected chi connectivity index (χ4v) is 4.05. The first-order valence-corrected chi connectivity index (χ1v) is 10.7. The molecule has 0 aromatic carbocycles. The summed E-state index contributed by atoms with van der Waals surface area (Å²) in [7, 11) is 0. The first-order chi connectivity index (χ1) is 17.6. The number of ether oxygens (including phenoxy) is 3. The van der Waals surface area contributed by atoms with E-state index in [2.05, 4.69) is 14.2 Å². The SMILES string of the molecule is CCC(C(C)(F)F)(C(C)(F)F)C(F)(F)OC(F)(F)C(CC)(C(C)(F)F)C(F)(F)OC(F)(F)C(F)(F)OC(F)(F)CO. The van der Waals surface area contributed by atoms with Crippen LogP contribution in [0.3, 0.4) is 0 Å². The Morgan fingerprint density at radius 3 is 0.902 bits per heavy atom. The maximum absolute atomic E-state index is 15.0. The lowest BCUT2D eigenvalue weighted by molar-refractivity contribution is -0.561. The molecule has 41 heavy (non-hydrogen) atoms. The normalized spacial score (nSPS) is 17.6. The van der Waals surface area contributed by atoms with Crippen molar-refractivity contribution in [1.29, 1.82) is 0 Å². The van der Waals surface area contributed by atoms with Gasteiger partial charge in [0, 0.05) is 20.8 Å². The Morgan fingerprint density at radius 1 is 0.415 bits per heavy atom. The van der Waals surface area contributed by atoms with Gasteiger partial charge in [-0.15, -0.1) is 0 Å². The van der Waals surface area contributed by atoms with Crippen molar-refractivity contribution < 1.29 is 98.3 Å². The summed E-state index contributed by atoms with van der Waals surface area (Å²) in [4.78, 5) is 0. The largest absolute Gasteiger partial charge is 0.453 e. The van der Waals surface area contributed by atoms with E-state index in [1.54, 1.807) is 0 Å². The minimum absolute atomic E-state index is 0.105. The molecule has 0 radical (unpaired) electrons. The zero-order valence-corrected chi connectivity index (χ0v) is 21.1. The number of halogens is 18. The van der Waals surface area contributed by atoms with Crippen molar-refractivity contribution in [2.24, 2.45) is 10.8 Å². The topological polar surface area (TPSA) is 47.9 Å². The van der Waals surface area contributed by atoms with Crippen molar-refractivity contribution in [1.82, 2.24) is 0 Å². The molecular formula is C19H22F18O4. The second kappa shape index (κ2) is 10.9. The molecule has 0 heterocycles. The smallest absolute Gasteiger partial charge is 0.387 e. The summed E-state index contributed by atoms with van der Waals surface area (Å²) in [5.74, 6) is -17.1. The van der Waals surface area contributed by atoms with Crippen molar-refractivity contribution in [3.8, 4) is 0 Å².